The molecule has 0 bridgehead atoms. The largest absolute Gasteiger partial charge is 0.310 e. The summed E-state index contributed by atoms with van der Waals surface area (Å²) in [6, 6.07) is 40.1. The summed E-state index contributed by atoms with van der Waals surface area (Å²) in [5.74, 6) is -0.116. The van der Waals surface area contributed by atoms with Gasteiger partial charge in [-0.25, -0.2) is 0 Å². The molecule has 0 N–H and O–H groups in total. The van der Waals surface area contributed by atoms with Crippen molar-refractivity contribution in [2.24, 2.45) is 0 Å². The molecule has 0 atom stereocenters. The van der Waals surface area contributed by atoms with Crippen molar-refractivity contribution in [3.8, 4) is 0 Å². The van der Waals surface area contributed by atoms with E-state index >= 15 is 0 Å². The van der Waals surface area contributed by atoms with Crippen LogP contribution in [-0.2, 0) is 33.6 Å². The molecule has 0 spiro atoms. The smallest absolute Gasteiger partial charge is 0.236 e. The van der Waals surface area contributed by atoms with Crippen LogP contribution < -0.4 is 36.0 Å². The molecule has 0 aromatic heterocycles. The van der Waals surface area contributed by atoms with Crippen LogP contribution in [0.2, 0.25) is 0 Å². The molecule has 0 fully saturated rings. The Balaban J connectivity index is 1.09. The summed E-state index contributed by atoms with van der Waals surface area (Å²) >= 11 is 0. The number of rotatable bonds is 6. The number of carbonyl (C=O) groups is 3. The highest BCUT2D eigenvalue weighted by Crippen LogP contribution is 2.42. The maximum absolute atomic E-state index is 13.2. The Morgan fingerprint density at radius 2 is 0.654 bits per heavy atom. The van der Waals surface area contributed by atoms with E-state index < -0.39 is 0 Å². The summed E-state index contributed by atoms with van der Waals surface area (Å²) in [6.07, 6.45) is 0.755. The second-order valence-corrected chi connectivity index (χ2v) is 13.1. The van der Waals surface area contributed by atoms with Gasteiger partial charge in [0, 0.05) is 34.1 Å². The van der Waals surface area contributed by atoms with E-state index in [4.69, 9.17) is 23.5 Å². The number of amides is 3. The van der Waals surface area contributed by atoms with E-state index in [9.17, 15) is 14.4 Å². The van der Waals surface area contributed by atoms with Gasteiger partial charge in [0.2, 0.25) is 17.7 Å². The Kier molecular flexibility index (Phi) is 7.43. The van der Waals surface area contributed by atoms with E-state index in [0.717, 1.165) is 67.9 Å². The number of hydrogen-bond donors (Lipinski definition) is 0. The zero-order valence-electron chi connectivity index (χ0n) is 28.0. The standard InChI is InChI=1S/C42H27B3N4O3/c43-34-4-1-7-37-31(34)22-40(50)47(37)28-16-10-25(11-17-28)46(26-12-18-29(19-13-26)48-38-8-2-5-35(44)32(38)23-41(48)51)27-14-20-30(21-15-27)49-39-9-3-6-36(45)33(39)24-42(49)52/h1-21H,22-24H2. The highest BCUT2D eigenvalue weighted by Gasteiger charge is 2.32. The van der Waals surface area contributed by atoms with Crippen molar-refractivity contribution in [2.45, 2.75) is 19.3 Å². The predicted octanol–water partition coefficient (Wildman–Crippen LogP) is 5.20. The van der Waals surface area contributed by atoms with Gasteiger partial charge in [0.1, 0.15) is 23.5 Å². The minimum absolute atomic E-state index is 0.0386. The van der Waals surface area contributed by atoms with Crippen LogP contribution in [0, 0.1) is 0 Å². The van der Waals surface area contributed by atoms with Gasteiger partial charge in [0.25, 0.3) is 0 Å². The Labute approximate surface area is 305 Å². The SMILES string of the molecule is [B]c1cccc2c1CC(=O)N2c1ccc(N(c2ccc(N3C(=O)Cc4c([B])cccc43)cc2)c2ccc(N3C(=O)Cc4c([B])cccc43)cc2)cc1. The molecule has 0 saturated carbocycles. The molecule has 7 nitrogen and oxygen atoms in total. The number of anilines is 9. The van der Waals surface area contributed by atoms with Gasteiger partial charge in [0.15, 0.2) is 0 Å². The van der Waals surface area contributed by atoms with Crippen molar-refractivity contribution >= 4 is 109 Å². The van der Waals surface area contributed by atoms with Crippen LogP contribution in [0.25, 0.3) is 0 Å². The number of benzene rings is 6. The third kappa shape index (κ3) is 5.05. The molecule has 3 amide bonds. The molecule has 6 radical (unpaired) electrons. The summed E-state index contributed by atoms with van der Waals surface area (Å²) in [5, 5.41) is 0. The second kappa shape index (κ2) is 12.2. The topological polar surface area (TPSA) is 64.2 Å². The third-order valence-corrected chi connectivity index (χ3v) is 10.1. The van der Waals surface area contributed by atoms with Gasteiger partial charge >= 0.3 is 0 Å². The lowest BCUT2D eigenvalue weighted by Crippen LogP contribution is -2.21. The van der Waals surface area contributed by atoms with Gasteiger partial charge in [-0.2, -0.15) is 0 Å². The van der Waals surface area contributed by atoms with E-state index in [1.807, 2.05) is 127 Å². The number of carbonyl (C=O) groups excluding carboxylic acids is 3. The molecule has 242 valence electrons. The zero-order chi connectivity index (χ0) is 35.7. The highest BCUT2D eigenvalue weighted by molar-refractivity contribution is 6.36. The van der Waals surface area contributed by atoms with Crippen LogP contribution in [0.15, 0.2) is 127 Å². The van der Waals surface area contributed by atoms with Gasteiger partial charge in [-0.1, -0.05) is 52.8 Å². The van der Waals surface area contributed by atoms with Crippen LogP contribution >= 0.6 is 0 Å². The van der Waals surface area contributed by atoms with Gasteiger partial charge in [0.05, 0.1) is 36.3 Å². The first-order chi connectivity index (χ1) is 25.3. The minimum Gasteiger partial charge on any atom is -0.310 e. The molecule has 0 unspecified atom stereocenters. The van der Waals surface area contributed by atoms with E-state index in [1.165, 1.54) is 0 Å². The fraction of sp³-hybridized carbons (Fsp3) is 0.0714. The molecule has 0 saturated heterocycles. The summed E-state index contributed by atoms with van der Waals surface area (Å²) in [5.41, 5.74) is 11.4. The van der Waals surface area contributed by atoms with Gasteiger partial charge in [-0.15, -0.1) is 0 Å². The minimum atomic E-state index is -0.0386. The Hall–Kier alpha value is -6.28. The lowest BCUT2D eigenvalue weighted by molar-refractivity contribution is -0.117. The third-order valence-electron chi connectivity index (χ3n) is 10.1. The van der Waals surface area contributed by atoms with E-state index in [-0.39, 0.29) is 37.0 Å². The molecule has 9 rings (SSSR count). The first kappa shape index (κ1) is 31.7. The molecule has 6 aromatic carbocycles. The number of fused-ring (bicyclic) bond motifs is 3. The van der Waals surface area contributed by atoms with Crippen LogP contribution in [0.1, 0.15) is 16.7 Å². The molecule has 3 aliphatic rings. The Morgan fingerprint density at radius 1 is 0.385 bits per heavy atom. The van der Waals surface area contributed by atoms with Crippen LogP contribution in [-0.4, -0.2) is 41.3 Å². The quantitative estimate of drug-likeness (QED) is 0.229. The van der Waals surface area contributed by atoms with Gasteiger partial charge < -0.3 is 4.90 Å². The van der Waals surface area contributed by atoms with E-state index in [1.54, 1.807) is 14.7 Å². The van der Waals surface area contributed by atoms with Gasteiger partial charge in [-0.3, -0.25) is 29.1 Å². The molecular formula is C42H27B3N4O3. The fourth-order valence-electron chi connectivity index (χ4n) is 7.62. The van der Waals surface area contributed by atoms with Crippen LogP contribution in [0.3, 0.4) is 0 Å². The lowest BCUT2D eigenvalue weighted by atomic mass is 9.89. The average molecular weight is 668 g/mol. The fourth-order valence-corrected chi connectivity index (χ4v) is 7.62. The van der Waals surface area contributed by atoms with Crippen LogP contribution in [0.5, 0.6) is 0 Å². The van der Waals surface area contributed by atoms with Crippen molar-refractivity contribution in [1.82, 2.24) is 0 Å². The lowest BCUT2D eigenvalue weighted by Gasteiger charge is -2.28. The van der Waals surface area contributed by atoms with Crippen molar-refractivity contribution in [3.63, 3.8) is 0 Å². The highest BCUT2D eigenvalue weighted by atomic mass is 16.2. The monoisotopic (exact) mass is 668 g/mol. The molecule has 3 heterocycles. The Morgan fingerprint density at radius 3 is 0.923 bits per heavy atom. The first-order valence-electron chi connectivity index (χ1n) is 17.0. The molecule has 3 aliphatic heterocycles. The molecule has 52 heavy (non-hydrogen) atoms. The number of hydrogen-bond acceptors (Lipinski definition) is 4. The average Bonchev–Trinajstić information content (AvgIpc) is 3.80. The maximum Gasteiger partial charge on any atom is 0.236 e. The summed E-state index contributed by atoms with van der Waals surface area (Å²) in [6.45, 7) is 0. The summed E-state index contributed by atoms with van der Waals surface area (Å²) < 4.78 is 0. The van der Waals surface area contributed by atoms with E-state index in [2.05, 4.69) is 4.90 Å². The van der Waals surface area contributed by atoms with Crippen molar-refractivity contribution in [3.05, 3.63) is 144 Å². The zero-order valence-corrected chi connectivity index (χ0v) is 28.0. The van der Waals surface area contributed by atoms with Crippen LogP contribution in [0.4, 0.5) is 51.2 Å². The molecule has 10 heteroatoms. The molecule has 6 aromatic rings. The molecular weight excluding hydrogens is 641 g/mol. The second-order valence-electron chi connectivity index (χ2n) is 13.1. The van der Waals surface area contributed by atoms with Crippen molar-refractivity contribution < 1.29 is 14.4 Å². The normalized spacial score (nSPS) is 14.5. The predicted molar refractivity (Wildman–Crippen MR) is 209 cm³/mol. The Bertz CT molecular complexity index is 2180. The first-order valence-corrected chi connectivity index (χ1v) is 17.0. The number of nitrogens with zero attached hydrogens (tertiary/aromatic N) is 4. The van der Waals surface area contributed by atoms with Gasteiger partial charge in [-0.05, 0) is 108 Å². The summed E-state index contributed by atoms with van der Waals surface area (Å²) in [7, 11) is 18.6. The van der Waals surface area contributed by atoms with E-state index in [0.29, 0.717) is 16.4 Å². The summed E-state index contributed by atoms with van der Waals surface area (Å²) in [4.78, 5) is 46.7. The van der Waals surface area contributed by atoms with Crippen molar-refractivity contribution in [2.75, 3.05) is 19.6 Å². The maximum atomic E-state index is 13.2. The molecule has 0 aliphatic carbocycles. The van der Waals surface area contributed by atoms with Crippen molar-refractivity contribution in [1.29, 1.82) is 0 Å².